The Labute approximate surface area is 118 Å². The summed E-state index contributed by atoms with van der Waals surface area (Å²) in [7, 11) is 0. The first kappa shape index (κ1) is 13.1. The van der Waals surface area contributed by atoms with Gasteiger partial charge in [-0.2, -0.15) is 0 Å². The fourth-order valence-corrected chi connectivity index (χ4v) is 2.38. The number of carboxylic acids is 1. The second-order valence-electron chi connectivity index (χ2n) is 3.96. The van der Waals surface area contributed by atoms with Crippen molar-refractivity contribution >= 4 is 33.5 Å². The first-order valence-electron chi connectivity index (χ1n) is 5.32. The fraction of sp³-hybridized carbons (Fsp3) is 0.0714. The molecule has 2 aromatic carbocycles. The summed E-state index contributed by atoms with van der Waals surface area (Å²) in [5.41, 5.74) is 2.33. The molecule has 0 heterocycles. The van der Waals surface area contributed by atoms with Gasteiger partial charge in [0, 0.05) is 9.50 Å². The summed E-state index contributed by atoms with van der Waals surface area (Å²) in [6.45, 7) is 0. The van der Waals surface area contributed by atoms with E-state index in [-0.39, 0.29) is 5.56 Å². The number of halogens is 2. The summed E-state index contributed by atoms with van der Waals surface area (Å²) in [6, 6.07) is 12.7. The molecule has 0 saturated heterocycles. The third-order valence-electron chi connectivity index (χ3n) is 2.53. The lowest BCUT2D eigenvalue weighted by atomic mass is 10.0. The van der Waals surface area contributed by atoms with Gasteiger partial charge in [0.15, 0.2) is 0 Å². The van der Waals surface area contributed by atoms with Crippen molar-refractivity contribution in [2.45, 2.75) is 6.42 Å². The molecule has 0 aromatic heterocycles. The van der Waals surface area contributed by atoms with Gasteiger partial charge >= 0.3 is 5.97 Å². The molecule has 0 saturated carbocycles. The van der Waals surface area contributed by atoms with Crippen molar-refractivity contribution in [2.24, 2.45) is 0 Å². The summed E-state index contributed by atoms with van der Waals surface area (Å²) in [5, 5.41) is 9.69. The van der Waals surface area contributed by atoms with Gasteiger partial charge in [-0.15, -0.1) is 0 Å². The van der Waals surface area contributed by atoms with Gasteiger partial charge < -0.3 is 5.11 Å². The smallest absolute Gasteiger partial charge is 0.335 e. The molecule has 18 heavy (non-hydrogen) atoms. The maximum absolute atomic E-state index is 11.0. The molecule has 0 atom stereocenters. The van der Waals surface area contributed by atoms with E-state index in [1.165, 1.54) is 0 Å². The summed E-state index contributed by atoms with van der Waals surface area (Å²) in [6.07, 6.45) is 0.677. The largest absolute Gasteiger partial charge is 0.478 e. The van der Waals surface area contributed by atoms with Gasteiger partial charge in [-0.25, -0.2) is 4.79 Å². The van der Waals surface area contributed by atoms with Crippen molar-refractivity contribution < 1.29 is 9.90 Å². The number of carbonyl (C=O) groups is 1. The van der Waals surface area contributed by atoms with Crippen molar-refractivity contribution in [1.29, 1.82) is 0 Å². The Hall–Kier alpha value is -1.32. The highest BCUT2D eigenvalue weighted by Crippen LogP contribution is 2.19. The molecular formula is C14H10BrClO2. The summed E-state index contributed by atoms with van der Waals surface area (Å²) < 4.78 is 0.770. The van der Waals surface area contributed by atoms with Crippen LogP contribution in [0.5, 0.6) is 0 Å². The van der Waals surface area contributed by atoms with Gasteiger partial charge in [0.05, 0.1) is 5.56 Å². The van der Waals surface area contributed by atoms with E-state index in [9.17, 15) is 4.79 Å². The van der Waals surface area contributed by atoms with E-state index >= 15 is 0 Å². The normalized spacial score (nSPS) is 10.3. The predicted molar refractivity (Wildman–Crippen MR) is 75.4 cm³/mol. The molecule has 92 valence electrons. The molecule has 0 fully saturated rings. The zero-order valence-corrected chi connectivity index (χ0v) is 11.7. The molecular weight excluding hydrogens is 316 g/mol. The van der Waals surface area contributed by atoms with Crippen molar-refractivity contribution in [3.05, 3.63) is 68.7 Å². The molecule has 0 spiro atoms. The van der Waals surface area contributed by atoms with E-state index in [1.54, 1.807) is 12.1 Å². The third kappa shape index (κ3) is 3.34. The highest BCUT2D eigenvalue weighted by molar-refractivity contribution is 9.10. The van der Waals surface area contributed by atoms with Gasteiger partial charge in [-0.1, -0.05) is 39.7 Å². The van der Waals surface area contributed by atoms with E-state index in [0.29, 0.717) is 11.4 Å². The highest BCUT2D eigenvalue weighted by Gasteiger charge is 2.06. The summed E-state index contributed by atoms with van der Waals surface area (Å²) in [4.78, 5) is 11.0. The Morgan fingerprint density at radius 1 is 1.11 bits per heavy atom. The Kier molecular flexibility index (Phi) is 4.04. The van der Waals surface area contributed by atoms with Gasteiger partial charge in [-0.3, -0.25) is 0 Å². The minimum atomic E-state index is -0.923. The number of hydrogen-bond acceptors (Lipinski definition) is 1. The quantitative estimate of drug-likeness (QED) is 0.908. The van der Waals surface area contributed by atoms with Crippen LogP contribution < -0.4 is 0 Å². The van der Waals surface area contributed by atoms with Crippen molar-refractivity contribution in [3.63, 3.8) is 0 Å². The van der Waals surface area contributed by atoms with Crippen molar-refractivity contribution in [2.75, 3.05) is 0 Å². The molecule has 0 aliphatic carbocycles. The van der Waals surface area contributed by atoms with E-state index in [0.717, 1.165) is 15.6 Å². The fourth-order valence-electron chi connectivity index (χ4n) is 1.71. The van der Waals surface area contributed by atoms with Gasteiger partial charge in [0.2, 0.25) is 0 Å². The van der Waals surface area contributed by atoms with Crippen LogP contribution in [0, 0.1) is 0 Å². The van der Waals surface area contributed by atoms with Gasteiger partial charge in [0.25, 0.3) is 0 Å². The lowest BCUT2D eigenvalue weighted by Gasteiger charge is -2.05. The third-order valence-corrected chi connectivity index (χ3v) is 3.24. The monoisotopic (exact) mass is 324 g/mol. The second-order valence-corrected chi connectivity index (χ2v) is 5.31. The summed E-state index contributed by atoms with van der Waals surface area (Å²) >= 11 is 9.14. The van der Waals surface area contributed by atoms with Crippen LogP contribution >= 0.6 is 27.5 Å². The Balaban J connectivity index is 2.28. The first-order chi connectivity index (χ1) is 8.54. The predicted octanol–water partition coefficient (Wildman–Crippen LogP) is 4.39. The molecule has 1 N–H and O–H groups in total. The summed E-state index contributed by atoms with van der Waals surface area (Å²) in [5.74, 6) is -0.923. The molecule has 2 rings (SSSR count). The Morgan fingerprint density at radius 3 is 2.39 bits per heavy atom. The average molecular weight is 326 g/mol. The average Bonchev–Trinajstić information content (AvgIpc) is 2.31. The molecule has 0 bridgehead atoms. The Morgan fingerprint density at radius 2 is 1.78 bits per heavy atom. The van der Waals surface area contributed by atoms with Crippen LogP contribution in [0.1, 0.15) is 21.5 Å². The number of rotatable bonds is 3. The van der Waals surface area contributed by atoms with E-state index in [2.05, 4.69) is 15.9 Å². The number of carboxylic acid groups (broad SMARTS) is 1. The lowest BCUT2D eigenvalue weighted by Crippen LogP contribution is -1.98. The molecule has 0 unspecified atom stereocenters. The molecule has 2 nitrogen and oxygen atoms in total. The van der Waals surface area contributed by atoms with Crippen LogP contribution in [0.4, 0.5) is 0 Å². The SMILES string of the molecule is O=C(O)c1cc(Br)cc(Cc2ccc(Cl)cc2)c1. The molecule has 0 amide bonds. The van der Waals surface area contributed by atoms with Gasteiger partial charge in [0.1, 0.15) is 0 Å². The number of aromatic carboxylic acids is 1. The van der Waals surface area contributed by atoms with Crippen molar-refractivity contribution in [1.82, 2.24) is 0 Å². The van der Waals surface area contributed by atoms with Crippen LogP contribution in [-0.2, 0) is 6.42 Å². The van der Waals surface area contributed by atoms with Gasteiger partial charge in [-0.05, 0) is 47.9 Å². The number of benzene rings is 2. The highest BCUT2D eigenvalue weighted by atomic mass is 79.9. The van der Waals surface area contributed by atoms with E-state index in [1.807, 2.05) is 30.3 Å². The Bertz CT molecular complexity index is 579. The minimum Gasteiger partial charge on any atom is -0.478 e. The molecule has 0 aliphatic rings. The number of hydrogen-bond donors (Lipinski definition) is 1. The minimum absolute atomic E-state index is 0.285. The molecule has 0 radical (unpaired) electrons. The van der Waals surface area contributed by atoms with E-state index in [4.69, 9.17) is 16.7 Å². The van der Waals surface area contributed by atoms with Crippen LogP contribution in [-0.4, -0.2) is 11.1 Å². The topological polar surface area (TPSA) is 37.3 Å². The van der Waals surface area contributed by atoms with Crippen LogP contribution in [0.25, 0.3) is 0 Å². The van der Waals surface area contributed by atoms with Crippen molar-refractivity contribution in [3.8, 4) is 0 Å². The zero-order chi connectivity index (χ0) is 13.1. The standard InChI is InChI=1S/C14H10BrClO2/c15-12-7-10(6-11(8-12)14(17)18)5-9-1-3-13(16)4-2-9/h1-4,6-8H,5H2,(H,17,18). The maximum atomic E-state index is 11.0. The lowest BCUT2D eigenvalue weighted by molar-refractivity contribution is 0.0696. The van der Waals surface area contributed by atoms with Crippen LogP contribution in [0.2, 0.25) is 5.02 Å². The first-order valence-corrected chi connectivity index (χ1v) is 6.49. The van der Waals surface area contributed by atoms with E-state index < -0.39 is 5.97 Å². The van der Waals surface area contributed by atoms with Crippen LogP contribution in [0.3, 0.4) is 0 Å². The molecule has 4 heteroatoms. The maximum Gasteiger partial charge on any atom is 0.335 e. The molecule has 2 aromatic rings. The molecule has 0 aliphatic heterocycles. The van der Waals surface area contributed by atoms with Crippen LogP contribution in [0.15, 0.2) is 46.9 Å². The zero-order valence-electron chi connectivity index (χ0n) is 9.36. The second kappa shape index (κ2) is 5.55.